The maximum atomic E-state index is 12.7. The number of carbonyl (C=O) groups excluding carboxylic acids is 2. The third-order valence-electron chi connectivity index (χ3n) is 4.80. The van der Waals surface area contributed by atoms with E-state index in [4.69, 9.17) is 9.47 Å². The number of carbonyl (C=O) groups is 2. The molecule has 1 aliphatic rings. The number of hydrogen-bond donors (Lipinski definition) is 2. The van der Waals surface area contributed by atoms with Gasteiger partial charge in [-0.3, -0.25) is 9.59 Å². The fourth-order valence-corrected chi connectivity index (χ4v) is 3.24. The summed E-state index contributed by atoms with van der Waals surface area (Å²) in [6, 6.07) is 4.60. The van der Waals surface area contributed by atoms with Crippen LogP contribution < -0.4 is 20.1 Å². The Balaban J connectivity index is 2.08. The zero-order valence-electron chi connectivity index (χ0n) is 16.1. The highest BCUT2D eigenvalue weighted by molar-refractivity contribution is 5.98. The van der Waals surface area contributed by atoms with Crippen molar-refractivity contribution < 1.29 is 19.1 Å². The summed E-state index contributed by atoms with van der Waals surface area (Å²) in [6.45, 7) is 3.86. The van der Waals surface area contributed by atoms with Crippen LogP contribution in [-0.2, 0) is 4.79 Å². The summed E-state index contributed by atoms with van der Waals surface area (Å²) >= 11 is 0. The van der Waals surface area contributed by atoms with E-state index in [1.807, 2.05) is 13.8 Å². The Morgan fingerprint density at radius 3 is 2.08 bits per heavy atom. The van der Waals surface area contributed by atoms with E-state index in [0.717, 1.165) is 25.7 Å². The van der Waals surface area contributed by atoms with Crippen molar-refractivity contribution in [3.8, 4) is 11.5 Å². The van der Waals surface area contributed by atoms with Crippen molar-refractivity contribution in [3.63, 3.8) is 0 Å². The first-order valence-electron chi connectivity index (χ1n) is 9.29. The van der Waals surface area contributed by atoms with Crippen molar-refractivity contribution in [2.24, 2.45) is 5.92 Å². The van der Waals surface area contributed by atoms with E-state index in [1.54, 1.807) is 18.2 Å². The molecule has 1 aromatic carbocycles. The van der Waals surface area contributed by atoms with Crippen molar-refractivity contribution in [3.05, 3.63) is 23.8 Å². The van der Waals surface area contributed by atoms with Crippen LogP contribution in [-0.4, -0.2) is 38.1 Å². The number of methoxy groups -OCH3 is 2. The van der Waals surface area contributed by atoms with E-state index in [0.29, 0.717) is 17.1 Å². The average Bonchev–Trinajstić information content (AvgIpc) is 2.65. The van der Waals surface area contributed by atoms with Crippen molar-refractivity contribution in [1.29, 1.82) is 0 Å². The van der Waals surface area contributed by atoms with Crippen LogP contribution in [0, 0.1) is 5.92 Å². The summed E-state index contributed by atoms with van der Waals surface area (Å²) < 4.78 is 10.4. The number of benzene rings is 1. The molecule has 6 heteroatoms. The molecule has 1 aromatic rings. The molecule has 0 spiro atoms. The molecule has 0 heterocycles. The monoisotopic (exact) mass is 362 g/mol. The molecule has 2 rings (SSSR count). The summed E-state index contributed by atoms with van der Waals surface area (Å²) in [5.74, 6) is 0.606. The minimum atomic E-state index is -0.582. The van der Waals surface area contributed by atoms with Crippen LogP contribution in [0.5, 0.6) is 11.5 Å². The second kappa shape index (κ2) is 9.46. The molecule has 1 saturated carbocycles. The summed E-state index contributed by atoms with van der Waals surface area (Å²) in [4.78, 5) is 25.4. The van der Waals surface area contributed by atoms with Crippen LogP contribution in [0.3, 0.4) is 0 Å². The first-order valence-corrected chi connectivity index (χ1v) is 9.29. The molecule has 2 N–H and O–H groups in total. The first kappa shape index (κ1) is 20.1. The van der Waals surface area contributed by atoms with Crippen LogP contribution in [0.1, 0.15) is 56.3 Å². The first-order chi connectivity index (χ1) is 12.4. The number of ether oxygens (including phenoxy) is 2. The molecule has 0 saturated heterocycles. The number of rotatable bonds is 7. The predicted octanol–water partition coefficient (Wildman–Crippen LogP) is 2.91. The lowest BCUT2D eigenvalue weighted by Crippen LogP contribution is -2.52. The second-order valence-electron chi connectivity index (χ2n) is 7.14. The number of hydrogen-bond acceptors (Lipinski definition) is 4. The second-order valence-corrected chi connectivity index (χ2v) is 7.14. The lowest BCUT2D eigenvalue weighted by Gasteiger charge is -2.27. The molecular weight excluding hydrogens is 332 g/mol. The van der Waals surface area contributed by atoms with Crippen LogP contribution in [0.15, 0.2) is 18.2 Å². The highest BCUT2D eigenvalue weighted by Crippen LogP contribution is 2.23. The van der Waals surface area contributed by atoms with Gasteiger partial charge in [-0.15, -0.1) is 0 Å². The van der Waals surface area contributed by atoms with Crippen LogP contribution in [0.4, 0.5) is 0 Å². The van der Waals surface area contributed by atoms with Gasteiger partial charge in [0.05, 0.1) is 14.2 Å². The third kappa shape index (κ3) is 5.38. The fourth-order valence-electron chi connectivity index (χ4n) is 3.24. The molecule has 6 nitrogen and oxygen atoms in total. The van der Waals surface area contributed by atoms with Gasteiger partial charge < -0.3 is 20.1 Å². The minimum absolute atomic E-state index is 0.0185. The Hall–Kier alpha value is -2.24. The molecule has 1 fully saturated rings. The van der Waals surface area contributed by atoms with Gasteiger partial charge in [-0.1, -0.05) is 33.1 Å². The predicted molar refractivity (Wildman–Crippen MR) is 101 cm³/mol. The molecule has 26 heavy (non-hydrogen) atoms. The van der Waals surface area contributed by atoms with E-state index in [-0.39, 0.29) is 23.8 Å². The van der Waals surface area contributed by atoms with Gasteiger partial charge in [0.15, 0.2) is 0 Å². The Morgan fingerprint density at radius 2 is 1.58 bits per heavy atom. The van der Waals surface area contributed by atoms with Gasteiger partial charge in [0.2, 0.25) is 5.91 Å². The summed E-state index contributed by atoms with van der Waals surface area (Å²) in [6.07, 6.45) is 5.55. The van der Waals surface area contributed by atoms with E-state index in [9.17, 15) is 9.59 Å². The quantitative estimate of drug-likeness (QED) is 0.782. The third-order valence-corrected chi connectivity index (χ3v) is 4.80. The Kier molecular flexibility index (Phi) is 7.30. The molecule has 0 bridgehead atoms. The molecule has 0 radical (unpaired) electrons. The molecule has 1 unspecified atom stereocenters. The van der Waals surface area contributed by atoms with Crippen molar-refractivity contribution in [2.75, 3.05) is 14.2 Å². The molecule has 144 valence electrons. The standard InChI is InChI=1S/C20H30N2O4/c1-13(2)18(20(24)21-15-8-6-5-7-9-15)22-19(23)14-10-16(25-3)12-17(11-14)26-4/h10-13,15,18H,5-9H2,1-4H3,(H,21,24)(H,22,23). The highest BCUT2D eigenvalue weighted by Gasteiger charge is 2.27. The highest BCUT2D eigenvalue weighted by atomic mass is 16.5. The van der Waals surface area contributed by atoms with Gasteiger partial charge in [0.25, 0.3) is 5.91 Å². The lowest BCUT2D eigenvalue weighted by atomic mass is 9.94. The summed E-state index contributed by atoms with van der Waals surface area (Å²) in [5, 5.41) is 5.96. The summed E-state index contributed by atoms with van der Waals surface area (Å²) in [7, 11) is 3.07. The van der Waals surface area contributed by atoms with Crippen LogP contribution >= 0.6 is 0 Å². The van der Waals surface area contributed by atoms with E-state index >= 15 is 0 Å². The SMILES string of the molecule is COc1cc(OC)cc(C(=O)NC(C(=O)NC2CCCCC2)C(C)C)c1. The van der Waals surface area contributed by atoms with E-state index in [1.165, 1.54) is 20.6 Å². The van der Waals surface area contributed by atoms with Gasteiger partial charge in [-0.05, 0) is 30.9 Å². The van der Waals surface area contributed by atoms with Gasteiger partial charge in [-0.2, -0.15) is 0 Å². The molecule has 0 aliphatic heterocycles. The van der Waals surface area contributed by atoms with Gasteiger partial charge in [0, 0.05) is 17.7 Å². The van der Waals surface area contributed by atoms with Crippen LogP contribution in [0.25, 0.3) is 0 Å². The Morgan fingerprint density at radius 1 is 1.00 bits per heavy atom. The fraction of sp³-hybridized carbons (Fsp3) is 0.600. The van der Waals surface area contributed by atoms with E-state index in [2.05, 4.69) is 10.6 Å². The largest absolute Gasteiger partial charge is 0.497 e. The van der Waals surface area contributed by atoms with Gasteiger partial charge >= 0.3 is 0 Å². The normalized spacial score (nSPS) is 16.0. The molecule has 1 atom stereocenters. The zero-order chi connectivity index (χ0) is 19.1. The average molecular weight is 362 g/mol. The minimum Gasteiger partial charge on any atom is -0.497 e. The lowest BCUT2D eigenvalue weighted by molar-refractivity contribution is -0.124. The van der Waals surface area contributed by atoms with Gasteiger partial charge in [0.1, 0.15) is 17.5 Å². The number of nitrogens with one attached hydrogen (secondary N) is 2. The summed E-state index contributed by atoms with van der Waals surface area (Å²) in [5.41, 5.74) is 0.400. The Bertz CT molecular complexity index is 602. The topological polar surface area (TPSA) is 76.7 Å². The molecule has 1 aliphatic carbocycles. The van der Waals surface area contributed by atoms with E-state index < -0.39 is 6.04 Å². The number of amides is 2. The van der Waals surface area contributed by atoms with Crippen molar-refractivity contribution in [1.82, 2.24) is 10.6 Å². The van der Waals surface area contributed by atoms with Crippen LogP contribution in [0.2, 0.25) is 0 Å². The zero-order valence-corrected chi connectivity index (χ0v) is 16.1. The van der Waals surface area contributed by atoms with Gasteiger partial charge in [-0.25, -0.2) is 0 Å². The van der Waals surface area contributed by atoms with Crippen molar-refractivity contribution >= 4 is 11.8 Å². The Labute approximate surface area is 155 Å². The van der Waals surface area contributed by atoms with Crippen molar-refractivity contribution in [2.45, 2.75) is 58.0 Å². The maximum Gasteiger partial charge on any atom is 0.252 e. The molecule has 2 amide bonds. The molecular formula is C20H30N2O4. The smallest absolute Gasteiger partial charge is 0.252 e. The maximum absolute atomic E-state index is 12.7. The molecule has 0 aromatic heterocycles.